The van der Waals surface area contributed by atoms with Crippen LogP contribution in [0.1, 0.15) is 64.7 Å². The van der Waals surface area contributed by atoms with Crippen molar-refractivity contribution in [3.63, 3.8) is 0 Å². The molecule has 0 heterocycles. The second kappa shape index (κ2) is 12.2. The van der Waals surface area contributed by atoms with Gasteiger partial charge in [0.05, 0.1) is 6.61 Å². The normalized spacial score (nSPS) is 10.1. The van der Waals surface area contributed by atoms with E-state index in [-0.39, 0.29) is 6.61 Å². The molecule has 0 saturated carbocycles. The largest absolute Gasteiger partial charge is 0.517 e. The molecule has 0 aliphatic rings. The van der Waals surface area contributed by atoms with Crippen molar-refractivity contribution in [1.82, 2.24) is 0 Å². The molecular formula is C13H25NO4. The van der Waals surface area contributed by atoms with Crippen molar-refractivity contribution < 1.29 is 19.1 Å². The SMILES string of the molecule is CCCCCCCCCCCOC(=O)OC(N)=O. The predicted octanol–water partition coefficient (Wildman–Crippen LogP) is 3.75. The fourth-order valence-electron chi connectivity index (χ4n) is 1.68. The lowest BCUT2D eigenvalue weighted by Crippen LogP contribution is -2.19. The monoisotopic (exact) mass is 259 g/mol. The highest BCUT2D eigenvalue weighted by molar-refractivity contribution is 5.79. The van der Waals surface area contributed by atoms with Crippen LogP contribution in [-0.4, -0.2) is 18.9 Å². The molecule has 0 aromatic carbocycles. The molecule has 0 aromatic rings. The number of rotatable bonds is 10. The molecular weight excluding hydrogens is 234 g/mol. The van der Waals surface area contributed by atoms with Gasteiger partial charge < -0.3 is 15.2 Å². The minimum absolute atomic E-state index is 0.280. The van der Waals surface area contributed by atoms with E-state index in [1.807, 2.05) is 0 Å². The Morgan fingerprint density at radius 3 is 1.89 bits per heavy atom. The molecule has 0 fully saturated rings. The molecule has 0 atom stereocenters. The molecule has 0 radical (unpaired) electrons. The number of carbonyl (C=O) groups excluding carboxylic acids is 2. The first-order chi connectivity index (χ1) is 8.66. The second-order valence-corrected chi connectivity index (χ2v) is 4.35. The van der Waals surface area contributed by atoms with Gasteiger partial charge in [0, 0.05) is 0 Å². The molecule has 5 nitrogen and oxygen atoms in total. The van der Waals surface area contributed by atoms with Crippen molar-refractivity contribution in [2.45, 2.75) is 64.7 Å². The van der Waals surface area contributed by atoms with Gasteiger partial charge in [-0.25, -0.2) is 9.59 Å². The highest BCUT2D eigenvalue weighted by Gasteiger charge is 2.06. The number of amides is 1. The second-order valence-electron chi connectivity index (χ2n) is 4.35. The summed E-state index contributed by atoms with van der Waals surface area (Å²) in [6, 6.07) is 0. The minimum Gasteiger partial charge on any atom is -0.434 e. The summed E-state index contributed by atoms with van der Waals surface area (Å²) in [5, 5.41) is 0. The van der Waals surface area contributed by atoms with E-state index in [0.29, 0.717) is 0 Å². The third kappa shape index (κ3) is 12.8. The quantitative estimate of drug-likeness (QED) is 0.368. The molecule has 106 valence electrons. The summed E-state index contributed by atoms with van der Waals surface area (Å²) in [4.78, 5) is 20.9. The van der Waals surface area contributed by atoms with Crippen LogP contribution in [0, 0.1) is 0 Å². The summed E-state index contributed by atoms with van der Waals surface area (Å²) in [6.45, 7) is 2.49. The van der Waals surface area contributed by atoms with Gasteiger partial charge in [-0.1, -0.05) is 58.3 Å². The third-order valence-electron chi connectivity index (χ3n) is 2.65. The molecule has 0 rings (SSSR count). The number of ether oxygens (including phenoxy) is 2. The molecule has 1 amide bonds. The standard InChI is InChI=1S/C13H25NO4/c1-2-3-4-5-6-7-8-9-10-11-17-13(16)18-12(14)15/h2-11H2,1H3,(H2,14,15). The van der Waals surface area contributed by atoms with Crippen LogP contribution in [0.25, 0.3) is 0 Å². The topological polar surface area (TPSA) is 78.6 Å². The number of primary amides is 1. The first-order valence-electron chi connectivity index (χ1n) is 6.81. The van der Waals surface area contributed by atoms with Gasteiger partial charge in [-0.05, 0) is 6.42 Å². The number of nitrogens with two attached hydrogens (primary N) is 1. The van der Waals surface area contributed by atoms with Crippen LogP contribution in [0.4, 0.5) is 9.59 Å². The van der Waals surface area contributed by atoms with Gasteiger partial charge in [-0.3, -0.25) is 0 Å². The van der Waals surface area contributed by atoms with E-state index >= 15 is 0 Å². The maximum Gasteiger partial charge on any atom is 0.517 e. The fraction of sp³-hybridized carbons (Fsp3) is 0.846. The van der Waals surface area contributed by atoms with Crippen LogP contribution in [0.15, 0.2) is 0 Å². The molecule has 0 aliphatic carbocycles. The van der Waals surface area contributed by atoms with Crippen molar-refractivity contribution in [2.24, 2.45) is 5.73 Å². The lowest BCUT2D eigenvalue weighted by Gasteiger charge is -2.03. The molecule has 0 unspecified atom stereocenters. The third-order valence-corrected chi connectivity index (χ3v) is 2.65. The minimum atomic E-state index is -1.13. The van der Waals surface area contributed by atoms with Crippen molar-refractivity contribution >= 4 is 12.2 Å². The van der Waals surface area contributed by atoms with Crippen molar-refractivity contribution in [2.75, 3.05) is 6.61 Å². The van der Waals surface area contributed by atoms with Crippen molar-refractivity contribution in [1.29, 1.82) is 0 Å². The molecule has 5 heteroatoms. The fourth-order valence-corrected chi connectivity index (χ4v) is 1.68. The summed E-state index contributed by atoms with van der Waals surface area (Å²) in [5.74, 6) is 0. The number of hydrogen-bond acceptors (Lipinski definition) is 4. The van der Waals surface area contributed by atoms with E-state index in [9.17, 15) is 9.59 Å². The van der Waals surface area contributed by atoms with Gasteiger partial charge in [0.1, 0.15) is 0 Å². The number of carbonyl (C=O) groups is 2. The van der Waals surface area contributed by atoms with Crippen molar-refractivity contribution in [3.05, 3.63) is 0 Å². The molecule has 2 N–H and O–H groups in total. The van der Waals surface area contributed by atoms with Gasteiger partial charge in [-0.15, -0.1) is 0 Å². The summed E-state index contributed by atoms with van der Waals surface area (Å²) < 4.78 is 8.66. The number of hydrogen-bond donors (Lipinski definition) is 1. The van der Waals surface area contributed by atoms with Crippen LogP contribution in [0.3, 0.4) is 0 Å². The van der Waals surface area contributed by atoms with Gasteiger partial charge >= 0.3 is 12.2 Å². The summed E-state index contributed by atoms with van der Waals surface area (Å²) in [7, 11) is 0. The Morgan fingerprint density at radius 2 is 1.39 bits per heavy atom. The van der Waals surface area contributed by atoms with E-state index in [4.69, 9.17) is 0 Å². The Bertz CT molecular complexity index is 231. The van der Waals surface area contributed by atoms with Crippen LogP contribution in [0.5, 0.6) is 0 Å². The molecule has 18 heavy (non-hydrogen) atoms. The molecule has 0 saturated heterocycles. The zero-order valence-corrected chi connectivity index (χ0v) is 11.3. The van der Waals surface area contributed by atoms with Gasteiger partial charge in [0.2, 0.25) is 0 Å². The van der Waals surface area contributed by atoms with Gasteiger partial charge in [0.25, 0.3) is 0 Å². The van der Waals surface area contributed by atoms with Crippen LogP contribution < -0.4 is 5.73 Å². The Balaban J connectivity index is 3.11. The Morgan fingerprint density at radius 1 is 0.889 bits per heavy atom. The van der Waals surface area contributed by atoms with E-state index in [0.717, 1.165) is 19.3 Å². The maximum atomic E-state index is 10.7. The van der Waals surface area contributed by atoms with Gasteiger partial charge in [0.15, 0.2) is 0 Å². The predicted molar refractivity (Wildman–Crippen MR) is 69.2 cm³/mol. The molecule has 0 bridgehead atoms. The summed E-state index contributed by atoms with van der Waals surface area (Å²) in [6.07, 6.45) is 8.60. The average molecular weight is 259 g/mol. The zero-order chi connectivity index (χ0) is 13.6. The maximum absolute atomic E-state index is 10.7. The Hall–Kier alpha value is -1.26. The average Bonchev–Trinajstić information content (AvgIpc) is 2.30. The first kappa shape index (κ1) is 16.7. The Labute approximate surface area is 109 Å². The zero-order valence-electron chi connectivity index (χ0n) is 11.3. The summed E-state index contributed by atoms with van der Waals surface area (Å²) in [5.41, 5.74) is 4.65. The Kier molecular flexibility index (Phi) is 11.3. The smallest absolute Gasteiger partial charge is 0.434 e. The van der Waals surface area contributed by atoms with Crippen LogP contribution >= 0.6 is 0 Å². The van der Waals surface area contributed by atoms with E-state index in [2.05, 4.69) is 22.1 Å². The van der Waals surface area contributed by atoms with E-state index < -0.39 is 12.2 Å². The van der Waals surface area contributed by atoms with Crippen molar-refractivity contribution in [3.8, 4) is 0 Å². The van der Waals surface area contributed by atoms with Gasteiger partial charge in [-0.2, -0.15) is 0 Å². The van der Waals surface area contributed by atoms with E-state index in [1.54, 1.807) is 0 Å². The lowest BCUT2D eigenvalue weighted by atomic mass is 10.1. The highest BCUT2D eigenvalue weighted by Crippen LogP contribution is 2.09. The summed E-state index contributed by atoms with van der Waals surface area (Å²) >= 11 is 0. The van der Waals surface area contributed by atoms with Crippen LogP contribution in [-0.2, 0) is 9.47 Å². The molecule has 0 aromatic heterocycles. The van der Waals surface area contributed by atoms with E-state index in [1.165, 1.54) is 38.5 Å². The molecule has 0 aliphatic heterocycles. The first-order valence-corrected chi connectivity index (χ1v) is 6.81. The van der Waals surface area contributed by atoms with Crippen LogP contribution in [0.2, 0.25) is 0 Å². The highest BCUT2D eigenvalue weighted by atomic mass is 16.7. The number of unbranched alkanes of at least 4 members (excludes halogenated alkanes) is 8. The molecule has 0 spiro atoms. The lowest BCUT2D eigenvalue weighted by molar-refractivity contribution is 0.0768.